The Morgan fingerprint density at radius 3 is 2.20 bits per heavy atom. The maximum atomic E-state index is 12.7. The Hall–Kier alpha value is -0.240. The Morgan fingerprint density at radius 2 is 1.60 bits per heavy atom. The van der Waals surface area contributed by atoms with Gasteiger partial charge in [-0.05, 0) is 46.9 Å². The van der Waals surface area contributed by atoms with Gasteiger partial charge >= 0.3 is 6.18 Å². The van der Waals surface area contributed by atoms with Crippen molar-refractivity contribution in [1.82, 2.24) is 4.98 Å². The Balaban J connectivity index is 2.67. The summed E-state index contributed by atoms with van der Waals surface area (Å²) < 4.78 is 38.7. The van der Waals surface area contributed by atoms with Gasteiger partial charge in [-0.25, -0.2) is 4.98 Å². The summed E-state index contributed by atoms with van der Waals surface area (Å²) in [6.07, 6.45) is -4.53. The predicted molar refractivity (Wildman–Crippen MR) is 82.4 cm³/mol. The quantitative estimate of drug-likeness (QED) is 0.364. The number of nitrogens with zero attached hydrogens (tertiary/aromatic N) is 1. The highest BCUT2D eigenvalue weighted by Gasteiger charge is 2.33. The summed E-state index contributed by atoms with van der Waals surface area (Å²) in [6, 6.07) is 5.19. The standard InChI is InChI=1S/C12H4Cl3F3IN/c13-6-2-1-5(9(14)10(6)15)11-7(19)3-4-8(20-11)12(16,17)18/h1-4H. The first kappa shape index (κ1) is 16.1. The molecule has 0 fully saturated rings. The van der Waals surface area contributed by atoms with E-state index in [2.05, 4.69) is 4.98 Å². The molecule has 20 heavy (non-hydrogen) atoms. The zero-order valence-electron chi connectivity index (χ0n) is 9.40. The van der Waals surface area contributed by atoms with Crippen molar-refractivity contribution in [3.63, 3.8) is 0 Å². The third-order valence-electron chi connectivity index (χ3n) is 2.43. The maximum absolute atomic E-state index is 12.7. The number of halogens is 7. The number of hydrogen-bond donors (Lipinski definition) is 0. The van der Waals surface area contributed by atoms with E-state index in [1.807, 2.05) is 22.6 Å². The minimum Gasteiger partial charge on any atom is -0.242 e. The highest BCUT2D eigenvalue weighted by molar-refractivity contribution is 14.1. The molecule has 0 N–H and O–H groups in total. The van der Waals surface area contributed by atoms with E-state index in [1.54, 1.807) is 0 Å². The lowest BCUT2D eigenvalue weighted by Crippen LogP contribution is -2.09. The van der Waals surface area contributed by atoms with Crippen LogP contribution in [0.5, 0.6) is 0 Å². The second-order valence-electron chi connectivity index (χ2n) is 3.75. The second-order valence-corrected chi connectivity index (χ2v) is 6.07. The number of rotatable bonds is 1. The largest absolute Gasteiger partial charge is 0.433 e. The molecule has 2 rings (SSSR count). The van der Waals surface area contributed by atoms with Gasteiger partial charge < -0.3 is 0 Å². The molecule has 0 bridgehead atoms. The summed E-state index contributed by atoms with van der Waals surface area (Å²) in [4.78, 5) is 3.63. The number of aromatic nitrogens is 1. The van der Waals surface area contributed by atoms with Gasteiger partial charge in [0.15, 0.2) is 0 Å². The fraction of sp³-hybridized carbons (Fsp3) is 0.0833. The summed E-state index contributed by atoms with van der Waals surface area (Å²) in [6.45, 7) is 0. The molecular formula is C12H4Cl3F3IN. The molecule has 1 aromatic carbocycles. The molecular weight excluding hydrogens is 448 g/mol. The SMILES string of the molecule is FC(F)(F)c1ccc(I)c(-c2ccc(Cl)c(Cl)c2Cl)n1. The summed E-state index contributed by atoms with van der Waals surface area (Å²) in [5, 5.41) is 0.382. The molecule has 1 aromatic heterocycles. The maximum Gasteiger partial charge on any atom is 0.433 e. The Bertz CT molecular complexity index is 674. The normalized spacial score (nSPS) is 11.8. The average molecular weight is 452 g/mol. The van der Waals surface area contributed by atoms with Crippen LogP contribution in [0.15, 0.2) is 24.3 Å². The van der Waals surface area contributed by atoms with E-state index in [9.17, 15) is 13.2 Å². The van der Waals surface area contributed by atoms with Gasteiger partial charge in [-0.3, -0.25) is 0 Å². The Labute approximate surface area is 141 Å². The topological polar surface area (TPSA) is 12.9 Å². The monoisotopic (exact) mass is 451 g/mol. The summed E-state index contributed by atoms with van der Waals surface area (Å²) in [5.41, 5.74) is -0.574. The Kier molecular flexibility index (Phi) is 4.73. The van der Waals surface area contributed by atoms with Crippen molar-refractivity contribution in [3.8, 4) is 11.3 Å². The fourth-order valence-corrected chi connectivity index (χ4v) is 2.71. The second kappa shape index (κ2) is 5.87. The van der Waals surface area contributed by atoms with E-state index in [1.165, 1.54) is 18.2 Å². The van der Waals surface area contributed by atoms with Gasteiger partial charge in [-0.2, -0.15) is 13.2 Å². The molecule has 0 atom stereocenters. The third-order valence-corrected chi connectivity index (χ3v) is 4.59. The molecule has 0 radical (unpaired) electrons. The average Bonchev–Trinajstić information content (AvgIpc) is 2.36. The number of benzene rings is 1. The number of hydrogen-bond acceptors (Lipinski definition) is 1. The molecule has 0 aliphatic carbocycles. The minimum atomic E-state index is -4.53. The van der Waals surface area contributed by atoms with E-state index in [-0.39, 0.29) is 20.8 Å². The summed E-state index contributed by atoms with van der Waals surface area (Å²) in [5.74, 6) is 0. The highest BCUT2D eigenvalue weighted by atomic mass is 127. The highest BCUT2D eigenvalue weighted by Crippen LogP contribution is 2.39. The predicted octanol–water partition coefficient (Wildman–Crippen LogP) is 6.33. The zero-order valence-corrected chi connectivity index (χ0v) is 13.8. The van der Waals surface area contributed by atoms with Gasteiger partial charge in [0.05, 0.1) is 20.8 Å². The molecule has 8 heteroatoms. The van der Waals surface area contributed by atoms with Crippen LogP contribution in [0.3, 0.4) is 0 Å². The van der Waals surface area contributed by atoms with Crippen molar-refractivity contribution >= 4 is 57.4 Å². The van der Waals surface area contributed by atoms with Crippen LogP contribution in [-0.2, 0) is 6.18 Å². The molecule has 0 aliphatic heterocycles. The summed E-state index contributed by atoms with van der Waals surface area (Å²) in [7, 11) is 0. The van der Waals surface area contributed by atoms with Crippen LogP contribution in [0.25, 0.3) is 11.3 Å². The van der Waals surface area contributed by atoms with Crippen LogP contribution in [-0.4, -0.2) is 4.98 Å². The lowest BCUT2D eigenvalue weighted by atomic mass is 10.1. The van der Waals surface area contributed by atoms with Gasteiger partial charge in [-0.15, -0.1) is 0 Å². The van der Waals surface area contributed by atoms with Gasteiger partial charge in [0.2, 0.25) is 0 Å². The van der Waals surface area contributed by atoms with Gasteiger partial charge in [0, 0.05) is 9.13 Å². The number of alkyl halides is 3. The van der Waals surface area contributed by atoms with E-state index in [0.717, 1.165) is 6.07 Å². The van der Waals surface area contributed by atoms with Crippen molar-refractivity contribution in [1.29, 1.82) is 0 Å². The van der Waals surface area contributed by atoms with E-state index >= 15 is 0 Å². The van der Waals surface area contributed by atoms with Crippen molar-refractivity contribution in [2.45, 2.75) is 6.18 Å². The van der Waals surface area contributed by atoms with Gasteiger partial charge in [0.25, 0.3) is 0 Å². The van der Waals surface area contributed by atoms with E-state index in [0.29, 0.717) is 9.13 Å². The number of pyridine rings is 1. The first-order chi connectivity index (χ1) is 9.21. The molecule has 0 saturated heterocycles. The minimum absolute atomic E-state index is 0.0731. The molecule has 1 nitrogen and oxygen atoms in total. The van der Waals surface area contributed by atoms with E-state index in [4.69, 9.17) is 34.8 Å². The molecule has 1 heterocycles. The van der Waals surface area contributed by atoms with Crippen LogP contribution in [0.4, 0.5) is 13.2 Å². The van der Waals surface area contributed by atoms with Crippen molar-refractivity contribution < 1.29 is 13.2 Å². The molecule has 0 spiro atoms. The van der Waals surface area contributed by atoms with Crippen molar-refractivity contribution in [2.24, 2.45) is 0 Å². The van der Waals surface area contributed by atoms with Crippen molar-refractivity contribution in [3.05, 3.63) is 48.6 Å². The van der Waals surface area contributed by atoms with E-state index < -0.39 is 11.9 Å². The smallest absolute Gasteiger partial charge is 0.242 e. The molecule has 0 saturated carbocycles. The third kappa shape index (κ3) is 3.16. The van der Waals surface area contributed by atoms with Gasteiger partial charge in [0.1, 0.15) is 5.69 Å². The van der Waals surface area contributed by atoms with Crippen LogP contribution in [0, 0.1) is 3.57 Å². The molecule has 0 aliphatic rings. The lowest BCUT2D eigenvalue weighted by molar-refractivity contribution is -0.141. The first-order valence-corrected chi connectivity index (χ1v) is 7.30. The van der Waals surface area contributed by atoms with Crippen LogP contribution in [0.2, 0.25) is 15.1 Å². The molecule has 2 aromatic rings. The fourth-order valence-electron chi connectivity index (χ4n) is 1.50. The zero-order chi connectivity index (χ0) is 15.1. The lowest BCUT2D eigenvalue weighted by Gasteiger charge is -2.12. The molecule has 106 valence electrons. The van der Waals surface area contributed by atoms with Gasteiger partial charge in [-0.1, -0.05) is 34.8 Å². The molecule has 0 amide bonds. The molecule has 0 unspecified atom stereocenters. The first-order valence-electron chi connectivity index (χ1n) is 5.09. The van der Waals surface area contributed by atoms with Crippen molar-refractivity contribution in [2.75, 3.05) is 0 Å². The van der Waals surface area contributed by atoms with Crippen LogP contribution >= 0.6 is 57.4 Å². The van der Waals surface area contributed by atoms with Crippen LogP contribution < -0.4 is 0 Å². The van der Waals surface area contributed by atoms with Crippen LogP contribution in [0.1, 0.15) is 5.69 Å². The summed E-state index contributed by atoms with van der Waals surface area (Å²) >= 11 is 19.6. The Morgan fingerprint density at radius 1 is 0.950 bits per heavy atom.